The van der Waals surface area contributed by atoms with E-state index in [9.17, 15) is 4.79 Å². The van der Waals surface area contributed by atoms with Crippen molar-refractivity contribution in [2.24, 2.45) is 0 Å². The van der Waals surface area contributed by atoms with Crippen molar-refractivity contribution in [2.45, 2.75) is 6.92 Å². The molecule has 0 spiro atoms. The minimum Gasteiger partial charge on any atom is -0.494 e. The van der Waals surface area contributed by atoms with Gasteiger partial charge in [-0.2, -0.15) is 0 Å². The summed E-state index contributed by atoms with van der Waals surface area (Å²) in [4.78, 5) is 13.0. The maximum absolute atomic E-state index is 12.5. The molecule has 0 fully saturated rings. The highest BCUT2D eigenvalue weighted by molar-refractivity contribution is 7.08. The van der Waals surface area contributed by atoms with Gasteiger partial charge in [0.05, 0.1) is 6.61 Å². The van der Waals surface area contributed by atoms with Gasteiger partial charge in [-0.15, -0.1) is 5.10 Å². The van der Waals surface area contributed by atoms with Crippen LogP contribution in [-0.2, 0) is 0 Å². The van der Waals surface area contributed by atoms with Crippen LogP contribution in [0.15, 0.2) is 54.6 Å². The Kier molecular flexibility index (Phi) is 4.63. The van der Waals surface area contributed by atoms with Gasteiger partial charge >= 0.3 is 0 Å². The van der Waals surface area contributed by atoms with Crippen molar-refractivity contribution in [1.82, 2.24) is 9.59 Å². The fourth-order valence-corrected chi connectivity index (χ4v) is 2.70. The highest BCUT2D eigenvalue weighted by Crippen LogP contribution is 2.25. The molecule has 0 unspecified atom stereocenters. The molecular weight excluding hydrogens is 310 g/mol. The summed E-state index contributed by atoms with van der Waals surface area (Å²) in [6.45, 7) is 2.54. The Labute approximate surface area is 138 Å². The number of hydrogen-bond acceptors (Lipinski definition) is 5. The van der Waals surface area contributed by atoms with Crippen LogP contribution >= 0.6 is 11.5 Å². The molecule has 6 heteroatoms. The molecule has 3 aromatic rings. The zero-order valence-electron chi connectivity index (χ0n) is 12.5. The van der Waals surface area contributed by atoms with Gasteiger partial charge in [0, 0.05) is 11.3 Å². The number of rotatable bonds is 5. The van der Waals surface area contributed by atoms with Crippen molar-refractivity contribution >= 4 is 23.1 Å². The summed E-state index contributed by atoms with van der Waals surface area (Å²) in [7, 11) is 0. The standard InChI is InChI=1S/C17H15N3O2S/c1-2-22-14-10-8-13(9-11-14)18-17(21)16-15(19-20-23-16)12-6-4-3-5-7-12/h3-11H,2H2,1H3,(H,18,21). The normalized spacial score (nSPS) is 10.3. The Morgan fingerprint density at radius 3 is 2.57 bits per heavy atom. The van der Waals surface area contributed by atoms with E-state index in [-0.39, 0.29) is 5.91 Å². The molecule has 23 heavy (non-hydrogen) atoms. The Morgan fingerprint density at radius 1 is 1.13 bits per heavy atom. The number of ether oxygens (including phenoxy) is 1. The smallest absolute Gasteiger partial charge is 0.269 e. The van der Waals surface area contributed by atoms with E-state index in [0.717, 1.165) is 22.8 Å². The molecule has 1 heterocycles. The molecule has 116 valence electrons. The maximum atomic E-state index is 12.5. The van der Waals surface area contributed by atoms with Gasteiger partial charge in [-0.3, -0.25) is 4.79 Å². The van der Waals surface area contributed by atoms with Crippen LogP contribution in [0.2, 0.25) is 0 Å². The largest absolute Gasteiger partial charge is 0.494 e. The molecule has 1 N–H and O–H groups in total. The average Bonchev–Trinajstić information content (AvgIpc) is 3.07. The molecule has 0 saturated carbocycles. The van der Waals surface area contributed by atoms with Crippen LogP contribution in [0.4, 0.5) is 5.69 Å². The van der Waals surface area contributed by atoms with Crippen LogP contribution in [0.25, 0.3) is 11.3 Å². The zero-order valence-corrected chi connectivity index (χ0v) is 13.3. The van der Waals surface area contributed by atoms with E-state index in [1.807, 2.05) is 49.4 Å². The minimum absolute atomic E-state index is 0.219. The van der Waals surface area contributed by atoms with Gasteiger partial charge in [0.1, 0.15) is 16.3 Å². The molecular formula is C17H15N3O2S. The van der Waals surface area contributed by atoms with Crippen molar-refractivity contribution in [2.75, 3.05) is 11.9 Å². The number of benzene rings is 2. The third-order valence-electron chi connectivity index (χ3n) is 3.16. The Balaban J connectivity index is 1.78. The Bertz CT molecular complexity index is 785. The van der Waals surface area contributed by atoms with Crippen molar-refractivity contribution in [1.29, 1.82) is 0 Å². The van der Waals surface area contributed by atoms with Crippen molar-refractivity contribution < 1.29 is 9.53 Å². The lowest BCUT2D eigenvalue weighted by Crippen LogP contribution is -2.11. The molecule has 0 saturated heterocycles. The number of hydrogen-bond donors (Lipinski definition) is 1. The Morgan fingerprint density at radius 2 is 1.87 bits per heavy atom. The molecule has 3 rings (SSSR count). The van der Waals surface area contributed by atoms with E-state index >= 15 is 0 Å². The first kappa shape index (κ1) is 15.2. The van der Waals surface area contributed by atoms with Crippen LogP contribution in [0.5, 0.6) is 5.75 Å². The lowest BCUT2D eigenvalue weighted by atomic mass is 10.1. The third-order valence-corrected chi connectivity index (χ3v) is 3.89. The topological polar surface area (TPSA) is 64.1 Å². The summed E-state index contributed by atoms with van der Waals surface area (Å²) < 4.78 is 9.29. The molecule has 0 aliphatic heterocycles. The van der Waals surface area contributed by atoms with E-state index in [1.54, 1.807) is 12.1 Å². The van der Waals surface area contributed by atoms with E-state index in [4.69, 9.17) is 4.74 Å². The van der Waals surface area contributed by atoms with Gasteiger partial charge in [-0.1, -0.05) is 34.8 Å². The van der Waals surface area contributed by atoms with E-state index in [2.05, 4.69) is 14.9 Å². The summed E-state index contributed by atoms with van der Waals surface area (Å²) >= 11 is 1.09. The summed E-state index contributed by atoms with van der Waals surface area (Å²) in [5.41, 5.74) is 2.17. The first-order chi connectivity index (χ1) is 11.3. The molecule has 0 radical (unpaired) electrons. The van der Waals surface area contributed by atoms with E-state index < -0.39 is 0 Å². The second-order valence-electron chi connectivity index (χ2n) is 4.73. The number of amides is 1. The fourth-order valence-electron chi connectivity index (χ4n) is 2.11. The lowest BCUT2D eigenvalue weighted by molar-refractivity contribution is 0.103. The molecule has 0 aliphatic rings. The van der Waals surface area contributed by atoms with Crippen LogP contribution in [0, 0.1) is 0 Å². The molecule has 2 aromatic carbocycles. The van der Waals surface area contributed by atoms with Gasteiger partial charge in [0.2, 0.25) is 0 Å². The second-order valence-corrected chi connectivity index (χ2v) is 5.48. The molecule has 1 aromatic heterocycles. The molecule has 0 atom stereocenters. The van der Waals surface area contributed by atoms with E-state index in [0.29, 0.717) is 22.9 Å². The van der Waals surface area contributed by atoms with Crippen LogP contribution in [-0.4, -0.2) is 22.1 Å². The summed E-state index contributed by atoms with van der Waals surface area (Å²) in [5, 5.41) is 6.94. The first-order valence-corrected chi connectivity index (χ1v) is 7.97. The van der Waals surface area contributed by atoms with Gasteiger partial charge < -0.3 is 10.1 Å². The Hall–Kier alpha value is -2.73. The number of nitrogens with one attached hydrogen (secondary N) is 1. The molecule has 0 aliphatic carbocycles. The van der Waals surface area contributed by atoms with Crippen LogP contribution in [0.1, 0.15) is 16.6 Å². The van der Waals surface area contributed by atoms with Gasteiger partial charge in [-0.25, -0.2) is 0 Å². The fraction of sp³-hybridized carbons (Fsp3) is 0.118. The maximum Gasteiger partial charge on any atom is 0.269 e. The summed E-state index contributed by atoms with van der Waals surface area (Å²) in [6, 6.07) is 16.8. The predicted octanol–water partition coefficient (Wildman–Crippen LogP) is 3.86. The van der Waals surface area contributed by atoms with Crippen molar-refractivity contribution in [3.05, 3.63) is 59.5 Å². The monoisotopic (exact) mass is 325 g/mol. The van der Waals surface area contributed by atoms with Crippen molar-refractivity contribution in [3.63, 3.8) is 0 Å². The van der Waals surface area contributed by atoms with Gasteiger partial charge in [0.25, 0.3) is 5.91 Å². The molecule has 0 bridgehead atoms. The SMILES string of the molecule is CCOc1ccc(NC(=O)c2snnc2-c2ccccc2)cc1. The highest BCUT2D eigenvalue weighted by atomic mass is 32.1. The summed E-state index contributed by atoms with van der Waals surface area (Å²) in [6.07, 6.45) is 0. The van der Waals surface area contributed by atoms with Crippen molar-refractivity contribution in [3.8, 4) is 17.0 Å². The first-order valence-electron chi connectivity index (χ1n) is 7.20. The number of aromatic nitrogens is 2. The number of carbonyl (C=O) groups excluding carboxylic acids is 1. The molecule has 5 nitrogen and oxygen atoms in total. The number of anilines is 1. The lowest BCUT2D eigenvalue weighted by Gasteiger charge is -2.06. The zero-order chi connectivity index (χ0) is 16.1. The third kappa shape index (κ3) is 3.54. The minimum atomic E-state index is -0.219. The average molecular weight is 325 g/mol. The number of carbonyl (C=O) groups is 1. The van der Waals surface area contributed by atoms with E-state index in [1.165, 1.54) is 0 Å². The van der Waals surface area contributed by atoms with Gasteiger partial charge in [0.15, 0.2) is 0 Å². The van der Waals surface area contributed by atoms with Gasteiger partial charge in [-0.05, 0) is 42.7 Å². The predicted molar refractivity (Wildman–Crippen MR) is 90.9 cm³/mol. The summed E-state index contributed by atoms with van der Waals surface area (Å²) in [5.74, 6) is 0.554. The second kappa shape index (κ2) is 7.02. The number of nitrogens with zero attached hydrogens (tertiary/aromatic N) is 2. The highest BCUT2D eigenvalue weighted by Gasteiger charge is 2.17. The molecule has 1 amide bonds. The van der Waals surface area contributed by atoms with Crippen LogP contribution < -0.4 is 10.1 Å². The van der Waals surface area contributed by atoms with Crippen LogP contribution in [0.3, 0.4) is 0 Å². The quantitative estimate of drug-likeness (QED) is 0.774.